The SMILES string of the molecule is NC(=S)c1ccc(OCCCc2ccccc2)cc1. The summed E-state index contributed by atoms with van der Waals surface area (Å²) in [4.78, 5) is 0.413. The monoisotopic (exact) mass is 271 g/mol. The van der Waals surface area contributed by atoms with Crippen molar-refractivity contribution in [3.05, 3.63) is 65.7 Å². The molecule has 0 saturated carbocycles. The number of hydrogen-bond acceptors (Lipinski definition) is 2. The van der Waals surface area contributed by atoms with Gasteiger partial charge in [-0.25, -0.2) is 0 Å². The molecule has 0 bridgehead atoms. The molecule has 19 heavy (non-hydrogen) atoms. The summed E-state index contributed by atoms with van der Waals surface area (Å²) in [6.07, 6.45) is 2.03. The van der Waals surface area contributed by atoms with Crippen molar-refractivity contribution in [3.8, 4) is 5.75 Å². The van der Waals surface area contributed by atoms with Crippen LogP contribution in [0.3, 0.4) is 0 Å². The standard InChI is InChI=1S/C16H17NOS/c17-16(19)14-8-10-15(11-9-14)18-12-4-7-13-5-2-1-3-6-13/h1-3,5-6,8-11H,4,7,12H2,(H2,17,19). The highest BCUT2D eigenvalue weighted by atomic mass is 32.1. The Balaban J connectivity index is 1.75. The van der Waals surface area contributed by atoms with Gasteiger partial charge in [-0.3, -0.25) is 0 Å². The van der Waals surface area contributed by atoms with Crippen LogP contribution in [0.4, 0.5) is 0 Å². The van der Waals surface area contributed by atoms with Gasteiger partial charge in [-0.1, -0.05) is 42.5 Å². The van der Waals surface area contributed by atoms with E-state index in [-0.39, 0.29) is 0 Å². The molecule has 2 rings (SSSR count). The Morgan fingerprint density at radius 1 is 1.00 bits per heavy atom. The van der Waals surface area contributed by atoms with Crippen LogP contribution < -0.4 is 10.5 Å². The fourth-order valence-corrected chi connectivity index (χ4v) is 1.96. The average molecular weight is 271 g/mol. The third-order valence-electron chi connectivity index (χ3n) is 2.86. The van der Waals surface area contributed by atoms with Gasteiger partial charge >= 0.3 is 0 Å². The van der Waals surface area contributed by atoms with Crippen LogP contribution >= 0.6 is 12.2 Å². The maximum absolute atomic E-state index is 5.68. The van der Waals surface area contributed by atoms with Gasteiger partial charge in [0, 0.05) is 5.56 Å². The number of nitrogens with two attached hydrogens (primary N) is 1. The Hall–Kier alpha value is -1.87. The number of thiocarbonyl (C=S) groups is 1. The molecular weight excluding hydrogens is 254 g/mol. The van der Waals surface area contributed by atoms with E-state index < -0.39 is 0 Å². The maximum atomic E-state index is 5.68. The van der Waals surface area contributed by atoms with Gasteiger partial charge in [0.15, 0.2) is 0 Å². The van der Waals surface area contributed by atoms with E-state index >= 15 is 0 Å². The first-order valence-corrected chi connectivity index (χ1v) is 6.73. The summed E-state index contributed by atoms with van der Waals surface area (Å²) in [6, 6.07) is 18.0. The van der Waals surface area contributed by atoms with Crippen LogP contribution in [0.1, 0.15) is 17.5 Å². The minimum absolute atomic E-state index is 0.413. The molecule has 98 valence electrons. The topological polar surface area (TPSA) is 35.2 Å². The van der Waals surface area contributed by atoms with E-state index in [1.807, 2.05) is 30.3 Å². The number of aryl methyl sites for hydroxylation is 1. The minimum Gasteiger partial charge on any atom is -0.494 e. The van der Waals surface area contributed by atoms with Crippen molar-refractivity contribution in [3.63, 3.8) is 0 Å². The molecule has 0 fully saturated rings. The van der Waals surface area contributed by atoms with E-state index in [1.165, 1.54) is 5.56 Å². The van der Waals surface area contributed by atoms with E-state index in [2.05, 4.69) is 24.3 Å². The van der Waals surface area contributed by atoms with Crippen LogP contribution in [0.15, 0.2) is 54.6 Å². The summed E-state index contributed by atoms with van der Waals surface area (Å²) < 4.78 is 5.68. The molecule has 0 radical (unpaired) electrons. The molecule has 0 spiro atoms. The zero-order valence-electron chi connectivity index (χ0n) is 10.7. The molecule has 0 aliphatic rings. The summed E-state index contributed by atoms with van der Waals surface area (Å²) in [6.45, 7) is 0.710. The Bertz CT molecular complexity index is 522. The zero-order chi connectivity index (χ0) is 13.5. The van der Waals surface area contributed by atoms with Crippen molar-refractivity contribution < 1.29 is 4.74 Å². The molecule has 2 aromatic carbocycles. The second-order valence-electron chi connectivity index (χ2n) is 4.33. The summed E-state index contributed by atoms with van der Waals surface area (Å²) >= 11 is 4.90. The summed E-state index contributed by atoms with van der Waals surface area (Å²) in [5.41, 5.74) is 7.75. The van der Waals surface area contributed by atoms with Gasteiger partial charge in [0.25, 0.3) is 0 Å². The molecule has 0 unspecified atom stereocenters. The van der Waals surface area contributed by atoms with Crippen molar-refractivity contribution in [1.29, 1.82) is 0 Å². The zero-order valence-corrected chi connectivity index (χ0v) is 11.5. The third kappa shape index (κ3) is 4.38. The molecule has 0 aliphatic heterocycles. The molecule has 0 amide bonds. The Kier molecular flexibility index (Phi) is 4.93. The predicted molar refractivity (Wildman–Crippen MR) is 82.6 cm³/mol. The van der Waals surface area contributed by atoms with Crippen LogP contribution in [0.2, 0.25) is 0 Å². The van der Waals surface area contributed by atoms with Crippen LogP contribution in [0.25, 0.3) is 0 Å². The predicted octanol–water partition coefficient (Wildman–Crippen LogP) is 3.33. The van der Waals surface area contributed by atoms with Gasteiger partial charge in [0.05, 0.1) is 6.61 Å². The summed E-state index contributed by atoms with van der Waals surface area (Å²) in [5, 5.41) is 0. The van der Waals surface area contributed by atoms with E-state index in [0.717, 1.165) is 24.2 Å². The van der Waals surface area contributed by atoms with Gasteiger partial charge in [0.2, 0.25) is 0 Å². The number of benzene rings is 2. The van der Waals surface area contributed by atoms with Crippen molar-refractivity contribution >= 4 is 17.2 Å². The van der Waals surface area contributed by atoms with E-state index in [1.54, 1.807) is 0 Å². The van der Waals surface area contributed by atoms with Crippen LogP contribution in [0.5, 0.6) is 5.75 Å². The third-order valence-corrected chi connectivity index (χ3v) is 3.10. The van der Waals surface area contributed by atoms with Crippen molar-refractivity contribution in [2.75, 3.05) is 6.61 Å². The highest BCUT2D eigenvalue weighted by molar-refractivity contribution is 7.80. The van der Waals surface area contributed by atoms with E-state index in [4.69, 9.17) is 22.7 Å². The Morgan fingerprint density at radius 2 is 1.68 bits per heavy atom. The Labute approximate surface area is 119 Å². The largest absolute Gasteiger partial charge is 0.494 e. The number of hydrogen-bond donors (Lipinski definition) is 1. The highest BCUT2D eigenvalue weighted by Crippen LogP contribution is 2.13. The molecule has 2 N–H and O–H groups in total. The molecule has 0 saturated heterocycles. The van der Waals surface area contributed by atoms with Crippen LogP contribution in [0, 0.1) is 0 Å². The fourth-order valence-electron chi connectivity index (χ4n) is 1.83. The van der Waals surface area contributed by atoms with Crippen molar-refractivity contribution in [2.45, 2.75) is 12.8 Å². The second-order valence-corrected chi connectivity index (χ2v) is 4.77. The van der Waals surface area contributed by atoms with E-state index in [0.29, 0.717) is 11.6 Å². The number of rotatable bonds is 6. The lowest BCUT2D eigenvalue weighted by atomic mass is 10.1. The Morgan fingerprint density at radius 3 is 2.32 bits per heavy atom. The molecule has 0 aromatic heterocycles. The summed E-state index contributed by atoms with van der Waals surface area (Å²) in [7, 11) is 0. The molecule has 2 aromatic rings. The normalized spacial score (nSPS) is 10.1. The lowest BCUT2D eigenvalue weighted by Gasteiger charge is -2.07. The van der Waals surface area contributed by atoms with E-state index in [9.17, 15) is 0 Å². The second kappa shape index (κ2) is 6.90. The maximum Gasteiger partial charge on any atom is 0.119 e. The lowest BCUT2D eigenvalue weighted by molar-refractivity contribution is 0.311. The van der Waals surface area contributed by atoms with Crippen molar-refractivity contribution in [2.24, 2.45) is 5.73 Å². The molecular formula is C16H17NOS. The molecule has 0 aliphatic carbocycles. The fraction of sp³-hybridized carbons (Fsp3) is 0.188. The first-order valence-electron chi connectivity index (χ1n) is 6.32. The molecule has 0 atom stereocenters. The smallest absolute Gasteiger partial charge is 0.119 e. The lowest BCUT2D eigenvalue weighted by Crippen LogP contribution is -2.08. The highest BCUT2D eigenvalue weighted by Gasteiger charge is 1.98. The van der Waals surface area contributed by atoms with Gasteiger partial charge in [0.1, 0.15) is 10.7 Å². The van der Waals surface area contributed by atoms with Gasteiger partial charge in [-0.05, 0) is 42.7 Å². The average Bonchev–Trinajstić information content (AvgIpc) is 2.45. The molecule has 3 heteroatoms. The van der Waals surface area contributed by atoms with Crippen LogP contribution in [-0.4, -0.2) is 11.6 Å². The summed E-state index contributed by atoms with van der Waals surface area (Å²) in [5.74, 6) is 0.855. The molecule has 0 heterocycles. The van der Waals surface area contributed by atoms with Gasteiger partial charge in [-0.15, -0.1) is 0 Å². The van der Waals surface area contributed by atoms with Gasteiger partial charge < -0.3 is 10.5 Å². The van der Waals surface area contributed by atoms with Crippen molar-refractivity contribution in [1.82, 2.24) is 0 Å². The first kappa shape index (κ1) is 13.6. The molecule has 2 nitrogen and oxygen atoms in total. The first-order chi connectivity index (χ1) is 9.25. The quantitative estimate of drug-likeness (QED) is 0.646. The van der Waals surface area contributed by atoms with Crippen LogP contribution in [-0.2, 0) is 6.42 Å². The van der Waals surface area contributed by atoms with Gasteiger partial charge in [-0.2, -0.15) is 0 Å². The minimum atomic E-state index is 0.413. The number of ether oxygens (including phenoxy) is 1.